The number of hydrogen-bond acceptors (Lipinski definition) is 3. The molecule has 1 aromatic heterocycles. The average molecular weight is 167 g/mol. The van der Waals surface area contributed by atoms with Crippen molar-refractivity contribution in [3.8, 4) is 5.75 Å². The molecule has 0 unspecified atom stereocenters. The number of rotatable bonds is 1. The van der Waals surface area contributed by atoms with Crippen LogP contribution in [0.1, 0.15) is 0 Å². The zero-order chi connectivity index (χ0) is 8.55. The maximum atomic E-state index is 13.1. The Balaban J connectivity index is 2.75. The zero-order valence-corrected chi connectivity index (χ0v) is 6.37. The lowest BCUT2D eigenvalue weighted by Gasteiger charge is -1.97. The van der Waals surface area contributed by atoms with Crippen LogP contribution in [0.25, 0.3) is 11.1 Å². The minimum atomic E-state index is -0.457. The van der Waals surface area contributed by atoms with E-state index in [0.29, 0.717) is 11.3 Å². The number of methoxy groups -OCH3 is 1. The molecule has 12 heavy (non-hydrogen) atoms. The minimum absolute atomic E-state index is 0.163. The van der Waals surface area contributed by atoms with Gasteiger partial charge in [0.2, 0.25) is 0 Å². The summed E-state index contributed by atoms with van der Waals surface area (Å²) < 4.78 is 22.7. The van der Waals surface area contributed by atoms with Gasteiger partial charge in [0.15, 0.2) is 17.8 Å². The predicted molar refractivity (Wildman–Crippen MR) is 40.5 cm³/mol. The summed E-state index contributed by atoms with van der Waals surface area (Å²) >= 11 is 0. The highest BCUT2D eigenvalue weighted by Gasteiger charge is 2.07. The van der Waals surface area contributed by atoms with Crippen LogP contribution >= 0.6 is 0 Å². The molecule has 0 amide bonds. The second-order valence-electron chi connectivity index (χ2n) is 2.31. The van der Waals surface area contributed by atoms with Crippen LogP contribution in [-0.4, -0.2) is 12.1 Å². The molecule has 0 aliphatic carbocycles. The van der Waals surface area contributed by atoms with E-state index < -0.39 is 5.82 Å². The fraction of sp³-hybridized carbons (Fsp3) is 0.125. The topological polar surface area (TPSA) is 35.3 Å². The molecule has 0 atom stereocenters. The Morgan fingerprint density at radius 3 is 3.08 bits per heavy atom. The summed E-state index contributed by atoms with van der Waals surface area (Å²) in [5, 5.41) is 0. The molecule has 0 aliphatic heterocycles. The van der Waals surface area contributed by atoms with E-state index in [1.54, 1.807) is 6.07 Å². The first-order valence-corrected chi connectivity index (χ1v) is 3.38. The Morgan fingerprint density at radius 1 is 1.50 bits per heavy atom. The van der Waals surface area contributed by atoms with Crippen LogP contribution in [-0.2, 0) is 0 Å². The number of fused-ring (bicyclic) bond motifs is 1. The van der Waals surface area contributed by atoms with Gasteiger partial charge in [0.25, 0.3) is 0 Å². The van der Waals surface area contributed by atoms with Crippen molar-refractivity contribution in [1.29, 1.82) is 0 Å². The van der Waals surface area contributed by atoms with Crippen molar-refractivity contribution in [2.75, 3.05) is 7.11 Å². The Kier molecular flexibility index (Phi) is 1.46. The highest BCUT2D eigenvalue weighted by atomic mass is 19.1. The van der Waals surface area contributed by atoms with Gasteiger partial charge < -0.3 is 9.15 Å². The van der Waals surface area contributed by atoms with Gasteiger partial charge in [-0.15, -0.1) is 0 Å². The number of benzene rings is 1. The molecule has 1 heterocycles. The number of oxazole rings is 1. The fourth-order valence-electron chi connectivity index (χ4n) is 1.02. The van der Waals surface area contributed by atoms with E-state index in [0.717, 1.165) is 0 Å². The molecule has 3 nitrogen and oxygen atoms in total. The first-order valence-electron chi connectivity index (χ1n) is 3.38. The fourth-order valence-corrected chi connectivity index (χ4v) is 1.02. The lowest BCUT2D eigenvalue weighted by Crippen LogP contribution is -1.84. The summed E-state index contributed by atoms with van der Waals surface area (Å²) in [5.41, 5.74) is 0.627. The van der Waals surface area contributed by atoms with E-state index >= 15 is 0 Å². The van der Waals surface area contributed by atoms with Gasteiger partial charge in [0, 0.05) is 12.1 Å². The second-order valence-corrected chi connectivity index (χ2v) is 2.31. The van der Waals surface area contributed by atoms with Crippen LogP contribution in [0.4, 0.5) is 4.39 Å². The van der Waals surface area contributed by atoms with Gasteiger partial charge in [-0.25, -0.2) is 9.37 Å². The van der Waals surface area contributed by atoms with Gasteiger partial charge in [-0.05, 0) is 0 Å². The number of ether oxygens (including phenoxy) is 1. The molecule has 0 fully saturated rings. The molecule has 4 heteroatoms. The number of nitrogens with zero attached hydrogens (tertiary/aromatic N) is 1. The summed E-state index contributed by atoms with van der Waals surface area (Å²) in [6, 6.07) is 2.87. The highest BCUT2D eigenvalue weighted by molar-refractivity contribution is 5.74. The predicted octanol–water partition coefficient (Wildman–Crippen LogP) is 1.98. The van der Waals surface area contributed by atoms with Gasteiger partial charge in [-0.3, -0.25) is 0 Å². The summed E-state index contributed by atoms with van der Waals surface area (Å²) in [6.45, 7) is 0. The minimum Gasteiger partial charge on any atom is -0.497 e. The van der Waals surface area contributed by atoms with Crippen LogP contribution in [0, 0.1) is 5.82 Å². The van der Waals surface area contributed by atoms with Crippen LogP contribution < -0.4 is 4.74 Å². The Morgan fingerprint density at radius 2 is 2.33 bits per heavy atom. The van der Waals surface area contributed by atoms with Crippen molar-refractivity contribution in [1.82, 2.24) is 4.98 Å². The molecule has 0 aliphatic rings. The van der Waals surface area contributed by atoms with Gasteiger partial charge in [-0.1, -0.05) is 0 Å². The van der Waals surface area contributed by atoms with E-state index in [9.17, 15) is 4.39 Å². The molecule has 62 valence electrons. The average Bonchev–Trinajstić information content (AvgIpc) is 2.52. The molecule has 0 saturated carbocycles. The molecule has 0 saturated heterocycles. The molecular formula is C8H6FNO2. The maximum Gasteiger partial charge on any atom is 0.190 e. The monoisotopic (exact) mass is 167 g/mol. The van der Waals surface area contributed by atoms with Crippen molar-refractivity contribution in [2.45, 2.75) is 0 Å². The van der Waals surface area contributed by atoms with Gasteiger partial charge in [-0.2, -0.15) is 0 Å². The number of aromatic nitrogens is 1. The van der Waals surface area contributed by atoms with Crippen molar-refractivity contribution < 1.29 is 13.5 Å². The maximum absolute atomic E-state index is 13.1. The smallest absolute Gasteiger partial charge is 0.190 e. The van der Waals surface area contributed by atoms with Crippen molar-refractivity contribution >= 4 is 11.1 Å². The lowest BCUT2D eigenvalue weighted by atomic mass is 10.3. The number of hydrogen-bond donors (Lipinski definition) is 0. The molecule has 0 spiro atoms. The largest absolute Gasteiger partial charge is 0.497 e. The van der Waals surface area contributed by atoms with Gasteiger partial charge in [0.05, 0.1) is 7.11 Å². The first kappa shape index (κ1) is 7.09. The zero-order valence-electron chi connectivity index (χ0n) is 6.37. The van der Waals surface area contributed by atoms with Crippen LogP contribution in [0.2, 0.25) is 0 Å². The quantitative estimate of drug-likeness (QED) is 0.651. The molecule has 2 aromatic rings. The number of halogens is 1. The first-order chi connectivity index (χ1) is 5.81. The Labute approximate surface area is 67.8 Å². The molecule has 0 N–H and O–H groups in total. The molecule has 1 aromatic carbocycles. The van der Waals surface area contributed by atoms with Crippen molar-refractivity contribution in [3.05, 3.63) is 24.3 Å². The van der Waals surface area contributed by atoms with Crippen LogP contribution in [0.15, 0.2) is 22.9 Å². The third-order valence-electron chi connectivity index (χ3n) is 1.60. The Bertz CT molecular complexity index is 410. The van der Waals surface area contributed by atoms with Gasteiger partial charge >= 0.3 is 0 Å². The molecule has 2 rings (SSSR count). The van der Waals surface area contributed by atoms with E-state index in [1.165, 1.54) is 19.6 Å². The SMILES string of the molecule is COc1cc(F)c2ocnc2c1. The molecule has 0 bridgehead atoms. The van der Waals surface area contributed by atoms with E-state index in [4.69, 9.17) is 9.15 Å². The second kappa shape index (κ2) is 2.48. The van der Waals surface area contributed by atoms with E-state index in [2.05, 4.69) is 4.98 Å². The standard InChI is InChI=1S/C8H6FNO2/c1-11-5-2-6(9)8-7(3-5)10-4-12-8/h2-4H,1H3. The van der Waals surface area contributed by atoms with Crippen LogP contribution in [0.3, 0.4) is 0 Å². The van der Waals surface area contributed by atoms with Crippen molar-refractivity contribution in [2.24, 2.45) is 0 Å². The Hall–Kier alpha value is -1.58. The normalized spacial score (nSPS) is 10.5. The summed E-state index contributed by atoms with van der Waals surface area (Å²) in [6.07, 6.45) is 1.20. The van der Waals surface area contributed by atoms with Gasteiger partial charge in [0.1, 0.15) is 11.3 Å². The van der Waals surface area contributed by atoms with Crippen LogP contribution in [0.5, 0.6) is 5.75 Å². The lowest BCUT2D eigenvalue weighted by molar-refractivity contribution is 0.411. The summed E-state index contributed by atoms with van der Waals surface area (Å²) in [7, 11) is 1.47. The summed E-state index contributed by atoms with van der Waals surface area (Å²) in [5.74, 6) is -0.0178. The summed E-state index contributed by atoms with van der Waals surface area (Å²) in [4.78, 5) is 3.80. The molecular weight excluding hydrogens is 161 g/mol. The van der Waals surface area contributed by atoms with Crippen molar-refractivity contribution in [3.63, 3.8) is 0 Å². The molecule has 0 radical (unpaired) electrons. The third-order valence-corrected chi connectivity index (χ3v) is 1.60. The highest BCUT2D eigenvalue weighted by Crippen LogP contribution is 2.22. The van der Waals surface area contributed by atoms with E-state index in [1.807, 2.05) is 0 Å². The van der Waals surface area contributed by atoms with E-state index in [-0.39, 0.29) is 5.58 Å². The third kappa shape index (κ3) is 0.922.